The average molecular weight is 447 g/mol. The molecule has 6 aromatic rings. The van der Waals surface area contributed by atoms with Gasteiger partial charge in [0, 0.05) is 32.3 Å². The lowest BCUT2D eigenvalue weighted by Gasteiger charge is -2.12. The molecular weight excluding hydrogens is 424 g/mol. The van der Waals surface area contributed by atoms with Crippen molar-refractivity contribution >= 4 is 67.9 Å². The maximum Gasteiger partial charge on any atom is 0.264 e. The van der Waals surface area contributed by atoms with Gasteiger partial charge in [-0.05, 0) is 50.3 Å². The minimum Gasteiger partial charge on any atom is -0.339 e. The minimum absolute atomic E-state index is 0.125. The highest BCUT2D eigenvalue weighted by Gasteiger charge is 2.20. The maximum atomic E-state index is 13.7. The molecule has 0 atom stereocenters. The molecule has 34 heavy (non-hydrogen) atoms. The Hall–Kier alpha value is -4.58. The standard InChI is InChI=1S/C28H22N4O2/c1-5-9-20-21(8-4)31-26(30-20)16-12-14-18-23-15(11-13-17(24(16)23)27(31)33)25-29-19(7-3)22(10-6-2)32(25)28(18)34/h5-14,29-30H,1-2H2,3-4H3/b19-7+,20-9+,21-8+,22-10+. The Morgan fingerprint density at radius 3 is 1.68 bits per heavy atom. The Bertz CT molecular complexity index is 2210. The van der Waals surface area contributed by atoms with Crippen LogP contribution in [0.15, 0.2) is 59.2 Å². The van der Waals surface area contributed by atoms with Gasteiger partial charge in [-0.25, -0.2) is 0 Å². The van der Waals surface area contributed by atoms with Crippen LogP contribution in [0, 0.1) is 0 Å². The quantitative estimate of drug-likeness (QED) is 0.400. The summed E-state index contributed by atoms with van der Waals surface area (Å²) in [4.78, 5) is 34.2. The smallest absolute Gasteiger partial charge is 0.264 e. The Balaban J connectivity index is 2.00. The molecule has 2 N–H and O–H groups in total. The van der Waals surface area contributed by atoms with Gasteiger partial charge in [0.1, 0.15) is 11.3 Å². The van der Waals surface area contributed by atoms with Gasteiger partial charge in [-0.15, -0.1) is 0 Å². The number of allylic oxidation sites excluding steroid dienone is 2. The van der Waals surface area contributed by atoms with E-state index >= 15 is 0 Å². The molecule has 166 valence electrons. The third-order valence-corrected chi connectivity index (χ3v) is 6.65. The van der Waals surface area contributed by atoms with Gasteiger partial charge in [-0.2, -0.15) is 0 Å². The monoisotopic (exact) mass is 446 g/mol. The first-order chi connectivity index (χ1) is 16.5. The van der Waals surface area contributed by atoms with Gasteiger partial charge in [0.05, 0.1) is 21.4 Å². The molecule has 4 heterocycles. The molecule has 0 aliphatic heterocycles. The molecule has 2 aromatic carbocycles. The highest BCUT2D eigenvalue weighted by Crippen LogP contribution is 2.33. The Labute approximate surface area is 192 Å². The summed E-state index contributed by atoms with van der Waals surface area (Å²) < 4.78 is 3.40. The van der Waals surface area contributed by atoms with Gasteiger partial charge < -0.3 is 9.97 Å². The number of benzene rings is 2. The predicted octanol–water partition coefficient (Wildman–Crippen LogP) is 2.00. The first-order valence-electron chi connectivity index (χ1n) is 11.1. The fraction of sp³-hybridized carbons (Fsp3) is 0.0714. The number of hydrogen-bond donors (Lipinski definition) is 2. The third-order valence-electron chi connectivity index (χ3n) is 6.65. The fourth-order valence-electron chi connectivity index (χ4n) is 5.29. The summed E-state index contributed by atoms with van der Waals surface area (Å²) in [6.07, 6.45) is 10.9. The van der Waals surface area contributed by atoms with Crippen LogP contribution < -0.4 is 32.5 Å². The van der Waals surface area contributed by atoms with Crippen LogP contribution >= 0.6 is 0 Å². The highest BCUT2D eigenvalue weighted by atomic mass is 16.1. The van der Waals surface area contributed by atoms with Crippen molar-refractivity contribution in [3.8, 4) is 0 Å². The topological polar surface area (TPSA) is 74.5 Å². The molecule has 0 saturated heterocycles. The third kappa shape index (κ3) is 2.29. The van der Waals surface area contributed by atoms with Crippen LogP contribution in [0.1, 0.15) is 13.8 Å². The zero-order valence-electron chi connectivity index (χ0n) is 18.9. The van der Waals surface area contributed by atoms with Crippen LogP contribution in [-0.4, -0.2) is 18.8 Å². The number of hydrogen-bond acceptors (Lipinski definition) is 2. The van der Waals surface area contributed by atoms with Crippen molar-refractivity contribution in [2.45, 2.75) is 13.8 Å². The van der Waals surface area contributed by atoms with Crippen LogP contribution in [0.2, 0.25) is 0 Å². The number of nitrogens with zero attached hydrogens (tertiary/aromatic N) is 2. The normalized spacial score (nSPS) is 14.8. The Kier molecular flexibility index (Phi) is 4.10. The van der Waals surface area contributed by atoms with Gasteiger partial charge >= 0.3 is 0 Å². The van der Waals surface area contributed by atoms with Gasteiger partial charge in [-0.1, -0.05) is 37.5 Å². The van der Waals surface area contributed by atoms with Crippen molar-refractivity contribution in [3.63, 3.8) is 0 Å². The highest BCUT2D eigenvalue weighted by molar-refractivity contribution is 6.27. The molecular formula is C28H22N4O2. The summed E-state index contributed by atoms with van der Waals surface area (Å²) in [6.45, 7) is 11.4. The number of aromatic nitrogens is 4. The summed E-state index contributed by atoms with van der Waals surface area (Å²) in [5, 5.41) is 7.68. The van der Waals surface area contributed by atoms with Gasteiger partial charge in [-0.3, -0.25) is 18.4 Å². The molecule has 0 fully saturated rings. The van der Waals surface area contributed by atoms with E-state index in [0.717, 1.165) is 42.9 Å². The molecule has 0 radical (unpaired) electrons. The largest absolute Gasteiger partial charge is 0.339 e. The minimum atomic E-state index is -0.135. The van der Waals surface area contributed by atoms with Crippen LogP contribution in [-0.2, 0) is 0 Å². The second kappa shape index (κ2) is 6.96. The predicted molar refractivity (Wildman–Crippen MR) is 141 cm³/mol. The molecule has 4 aromatic heterocycles. The second-order valence-corrected chi connectivity index (χ2v) is 8.28. The van der Waals surface area contributed by atoms with E-state index in [-0.39, 0.29) is 11.1 Å². The number of pyridine rings is 2. The Morgan fingerprint density at radius 1 is 0.676 bits per heavy atom. The van der Waals surface area contributed by atoms with E-state index in [0.29, 0.717) is 22.1 Å². The molecule has 0 spiro atoms. The second-order valence-electron chi connectivity index (χ2n) is 8.28. The first kappa shape index (κ1) is 20.1. The van der Waals surface area contributed by atoms with E-state index in [1.54, 1.807) is 21.0 Å². The first-order valence-corrected chi connectivity index (χ1v) is 11.1. The number of H-pyrrole nitrogens is 2. The summed E-state index contributed by atoms with van der Waals surface area (Å²) in [6, 6.07) is 7.58. The molecule has 6 rings (SSSR count). The summed E-state index contributed by atoms with van der Waals surface area (Å²) in [7, 11) is 0. The van der Waals surface area contributed by atoms with Crippen molar-refractivity contribution in [1.82, 2.24) is 18.8 Å². The van der Waals surface area contributed by atoms with Crippen LogP contribution in [0.5, 0.6) is 0 Å². The van der Waals surface area contributed by atoms with Gasteiger partial charge in [0.25, 0.3) is 11.1 Å². The number of rotatable bonds is 2. The lowest BCUT2D eigenvalue weighted by molar-refractivity contribution is 1.09. The number of aromatic amines is 2. The van der Waals surface area contributed by atoms with Gasteiger partial charge in [0.2, 0.25) is 0 Å². The molecule has 6 nitrogen and oxygen atoms in total. The zero-order chi connectivity index (χ0) is 23.7. The SMILES string of the molecule is C=C/C=c1/[nH]c2c3ccc4c(=O)n5c(=C/C=C)/c(=C\C)[nH]c5c5ccc(c(=O)n2/c1=C/C)c3c45. The van der Waals surface area contributed by atoms with Crippen LogP contribution in [0.4, 0.5) is 0 Å². The van der Waals surface area contributed by atoms with Crippen LogP contribution in [0.25, 0.3) is 67.9 Å². The molecule has 0 bridgehead atoms. The molecule has 0 saturated carbocycles. The van der Waals surface area contributed by atoms with Crippen molar-refractivity contribution in [1.29, 1.82) is 0 Å². The lowest BCUT2D eigenvalue weighted by Crippen LogP contribution is -2.33. The van der Waals surface area contributed by atoms with E-state index in [1.807, 2.05) is 62.4 Å². The van der Waals surface area contributed by atoms with Crippen molar-refractivity contribution in [2.24, 2.45) is 0 Å². The van der Waals surface area contributed by atoms with Crippen molar-refractivity contribution < 1.29 is 0 Å². The molecule has 6 heteroatoms. The summed E-state index contributed by atoms with van der Waals surface area (Å²) in [5.74, 6) is 0. The summed E-state index contributed by atoms with van der Waals surface area (Å²) in [5.41, 5.74) is 1.13. The molecule has 0 unspecified atom stereocenters. The summed E-state index contributed by atoms with van der Waals surface area (Å²) >= 11 is 0. The van der Waals surface area contributed by atoms with Crippen molar-refractivity contribution in [2.75, 3.05) is 0 Å². The molecule has 0 aliphatic carbocycles. The van der Waals surface area contributed by atoms with E-state index < -0.39 is 0 Å². The van der Waals surface area contributed by atoms with E-state index in [9.17, 15) is 9.59 Å². The fourth-order valence-corrected chi connectivity index (χ4v) is 5.29. The Morgan fingerprint density at radius 2 is 1.18 bits per heavy atom. The number of imidazole rings is 2. The maximum absolute atomic E-state index is 13.7. The van der Waals surface area contributed by atoms with E-state index in [2.05, 4.69) is 23.1 Å². The number of fused-ring (bicyclic) bond motifs is 4. The average Bonchev–Trinajstić information content (AvgIpc) is 3.40. The zero-order valence-corrected chi connectivity index (χ0v) is 18.9. The number of nitrogens with one attached hydrogen (secondary N) is 2. The van der Waals surface area contributed by atoms with Crippen LogP contribution in [0.3, 0.4) is 0 Å². The van der Waals surface area contributed by atoms with E-state index in [1.165, 1.54) is 0 Å². The van der Waals surface area contributed by atoms with Gasteiger partial charge in [0.15, 0.2) is 0 Å². The molecule has 0 amide bonds. The molecule has 0 aliphatic rings. The van der Waals surface area contributed by atoms with E-state index in [4.69, 9.17) is 0 Å². The van der Waals surface area contributed by atoms with Crippen molar-refractivity contribution in [3.05, 3.63) is 91.7 Å². The lowest BCUT2D eigenvalue weighted by atomic mass is 9.96.